The Balaban J connectivity index is 1.51. The van der Waals surface area contributed by atoms with Crippen molar-refractivity contribution in [3.05, 3.63) is 64.7 Å². The van der Waals surface area contributed by atoms with Crippen LogP contribution in [0.4, 0.5) is 4.79 Å². The van der Waals surface area contributed by atoms with Crippen LogP contribution in [0.5, 0.6) is 0 Å². The summed E-state index contributed by atoms with van der Waals surface area (Å²) in [5, 5.41) is 3.29. The van der Waals surface area contributed by atoms with Crippen molar-refractivity contribution in [2.45, 2.75) is 44.4 Å². The maximum atomic E-state index is 12.8. The standard InChI is InChI=1S/C23H30ClN3O4S/c1-23(2,3)31-17-19-7-4-6-18(14-19)16-25-22(28)26-10-12-27(13-11-26)32(29,30)21-9-5-8-20(24)15-21/h4-9,14-15H,10-13,16-17H2,1-3H3,(H,25,28). The Morgan fingerprint density at radius 1 is 1.03 bits per heavy atom. The monoisotopic (exact) mass is 479 g/mol. The van der Waals surface area contributed by atoms with Gasteiger partial charge in [0.05, 0.1) is 17.1 Å². The third kappa shape index (κ3) is 6.68. The van der Waals surface area contributed by atoms with Crippen LogP contribution in [-0.4, -0.2) is 55.4 Å². The van der Waals surface area contributed by atoms with E-state index < -0.39 is 10.0 Å². The number of amides is 2. The van der Waals surface area contributed by atoms with Gasteiger partial charge in [0.2, 0.25) is 10.0 Å². The van der Waals surface area contributed by atoms with Gasteiger partial charge in [0, 0.05) is 37.7 Å². The first-order chi connectivity index (χ1) is 15.0. The van der Waals surface area contributed by atoms with Crippen LogP contribution >= 0.6 is 11.6 Å². The van der Waals surface area contributed by atoms with Gasteiger partial charge in [-0.2, -0.15) is 4.31 Å². The number of rotatable bonds is 6. The summed E-state index contributed by atoms with van der Waals surface area (Å²) in [6.07, 6.45) is 0. The topological polar surface area (TPSA) is 79.0 Å². The lowest BCUT2D eigenvalue weighted by atomic mass is 10.1. The molecule has 1 N–H and O–H groups in total. The number of ether oxygens (including phenoxy) is 1. The molecule has 0 saturated carbocycles. The number of carbonyl (C=O) groups excluding carboxylic acids is 1. The summed E-state index contributed by atoms with van der Waals surface area (Å²) in [4.78, 5) is 14.4. The van der Waals surface area contributed by atoms with Crippen LogP contribution in [0.2, 0.25) is 5.02 Å². The zero-order valence-electron chi connectivity index (χ0n) is 18.7. The largest absolute Gasteiger partial charge is 0.371 e. The number of sulfonamides is 1. The highest BCUT2D eigenvalue weighted by atomic mass is 35.5. The molecule has 0 spiro atoms. The zero-order chi connectivity index (χ0) is 23.4. The second-order valence-electron chi connectivity index (χ2n) is 8.73. The fraction of sp³-hybridized carbons (Fsp3) is 0.435. The second kappa shape index (κ2) is 10.2. The van der Waals surface area contributed by atoms with E-state index in [0.717, 1.165) is 11.1 Å². The van der Waals surface area contributed by atoms with Crippen LogP contribution in [0.1, 0.15) is 31.9 Å². The number of hydrogen-bond donors (Lipinski definition) is 1. The van der Waals surface area contributed by atoms with Gasteiger partial charge >= 0.3 is 6.03 Å². The average molecular weight is 480 g/mol. The van der Waals surface area contributed by atoms with Gasteiger partial charge in [-0.1, -0.05) is 41.9 Å². The first-order valence-electron chi connectivity index (χ1n) is 10.5. The zero-order valence-corrected chi connectivity index (χ0v) is 20.2. The van der Waals surface area contributed by atoms with Crippen LogP contribution in [0.3, 0.4) is 0 Å². The summed E-state index contributed by atoms with van der Waals surface area (Å²) >= 11 is 5.94. The van der Waals surface area contributed by atoms with E-state index in [1.165, 1.54) is 16.4 Å². The first kappa shape index (κ1) is 24.5. The van der Waals surface area contributed by atoms with Gasteiger partial charge in [0.1, 0.15) is 0 Å². The molecule has 1 fully saturated rings. The Kier molecular flexibility index (Phi) is 7.82. The van der Waals surface area contributed by atoms with Crippen LogP contribution in [0, 0.1) is 0 Å². The van der Waals surface area contributed by atoms with Gasteiger partial charge in [-0.3, -0.25) is 0 Å². The lowest BCUT2D eigenvalue weighted by Crippen LogP contribution is -2.52. The van der Waals surface area contributed by atoms with E-state index in [1.54, 1.807) is 17.0 Å². The molecule has 1 aliphatic rings. The average Bonchev–Trinajstić information content (AvgIpc) is 2.76. The molecule has 0 radical (unpaired) electrons. The lowest BCUT2D eigenvalue weighted by molar-refractivity contribution is -0.0149. The van der Waals surface area contributed by atoms with Crippen molar-refractivity contribution in [1.82, 2.24) is 14.5 Å². The number of urea groups is 1. The van der Waals surface area contributed by atoms with Crippen LogP contribution in [0.25, 0.3) is 0 Å². The van der Waals surface area contributed by atoms with E-state index in [1.807, 2.05) is 45.0 Å². The molecule has 2 aromatic rings. The summed E-state index contributed by atoms with van der Waals surface area (Å²) < 4.78 is 32.8. The summed E-state index contributed by atoms with van der Waals surface area (Å²) in [7, 11) is -3.63. The molecule has 0 atom stereocenters. The summed E-state index contributed by atoms with van der Waals surface area (Å²) in [5.74, 6) is 0. The summed E-state index contributed by atoms with van der Waals surface area (Å²) in [6.45, 7) is 8.06. The molecule has 1 saturated heterocycles. The minimum absolute atomic E-state index is 0.165. The molecule has 3 rings (SSSR count). The summed E-state index contributed by atoms with van der Waals surface area (Å²) in [6, 6.07) is 13.9. The number of nitrogens with one attached hydrogen (secondary N) is 1. The fourth-order valence-corrected chi connectivity index (χ4v) is 5.05. The SMILES string of the molecule is CC(C)(C)OCc1cccc(CNC(=O)N2CCN(S(=O)(=O)c3cccc(Cl)c3)CC2)c1. The van der Waals surface area contributed by atoms with E-state index in [2.05, 4.69) is 5.32 Å². The number of hydrogen-bond acceptors (Lipinski definition) is 4. The van der Waals surface area contributed by atoms with Gasteiger partial charge in [-0.05, 0) is 50.1 Å². The van der Waals surface area contributed by atoms with Crippen molar-refractivity contribution >= 4 is 27.7 Å². The normalized spacial score (nSPS) is 15.6. The Morgan fingerprint density at radius 2 is 1.69 bits per heavy atom. The van der Waals surface area contributed by atoms with Gasteiger partial charge in [0.15, 0.2) is 0 Å². The molecule has 0 unspecified atom stereocenters. The highest BCUT2D eigenvalue weighted by molar-refractivity contribution is 7.89. The van der Waals surface area contributed by atoms with E-state index in [-0.39, 0.29) is 29.6 Å². The molecule has 0 aliphatic carbocycles. The van der Waals surface area contributed by atoms with Crippen LogP contribution < -0.4 is 5.32 Å². The first-order valence-corrected chi connectivity index (χ1v) is 12.4. The summed E-state index contributed by atoms with van der Waals surface area (Å²) in [5.41, 5.74) is 1.81. The third-order valence-corrected chi connectivity index (χ3v) is 7.20. The van der Waals surface area contributed by atoms with E-state index in [0.29, 0.717) is 31.3 Å². The molecule has 9 heteroatoms. The van der Waals surface area contributed by atoms with Crippen LogP contribution in [0.15, 0.2) is 53.4 Å². The van der Waals surface area contributed by atoms with E-state index in [4.69, 9.17) is 16.3 Å². The van der Waals surface area contributed by atoms with Gasteiger partial charge < -0.3 is 15.0 Å². The molecule has 7 nitrogen and oxygen atoms in total. The maximum absolute atomic E-state index is 12.8. The number of nitrogens with zero attached hydrogens (tertiary/aromatic N) is 2. The molecular formula is C23H30ClN3O4S. The van der Waals surface area contributed by atoms with E-state index >= 15 is 0 Å². The third-order valence-electron chi connectivity index (χ3n) is 5.07. The molecule has 0 bridgehead atoms. The van der Waals surface area contributed by atoms with Crippen molar-refractivity contribution in [1.29, 1.82) is 0 Å². The lowest BCUT2D eigenvalue weighted by Gasteiger charge is -2.34. The fourth-order valence-electron chi connectivity index (χ4n) is 3.33. The number of carbonyl (C=O) groups is 1. The van der Waals surface area contributed by atoms with Crippen molar-refractivity contribution < 1.29 is 17.9 Å². The number of halogens is 1. The molecule has 32 heavy (non-hydrogen) atoms. The molecule has 2 aromatic carbocycles. The molecule has 0 aromatic heterocycles. The second-order valence-corrected chi connectivity index (χ2v) is 11.1. The van der Waals surface area contributed by atoms with Gasteiger partial charge in [-0.25, -0.2) is 13.2 Å². The maximum Gasteiger partial charge on any atom is 0.317 e. The predicted octanol–water partition coefficient (Wildman–Crippen LogP) is 3.87. The highest BCUT2D eigenvalue weighted by Gasteiger charge is 2.30. The van der Waals surface area contributed by atoms with Crippen molar-refractivity contribution in [3.8, 4) is 0 Å². The van der Waals surface area contributed by atoms with Gasteiger partial charge in [-0.15, -0.1) is 0 Å². The minimum Gasteiger partial charge on any atom is -0.371 e. The van der Waals surface area contributed by atoms with E-state index in [9.17, 15) is 13.2 Å². The van der Waals surface area contributed by atoms with Crippen molar-refractivity contribution in [2.24, 2.45) is 0 Å². The van der Waals surface area contributed by atoms with Crippen molar-refractivity contribution in [3.63, 3.8) is 0 Å². The molecule has 174 valence electrons. The minimum atomic E-state index is -3.63. The van der Waals surface area contributed by atoms with Gasteiger partial charge in [0.25, 0.3) is 0 Å². The van der Waals surface area contributed by atoms with Crippen molar-refractivity contribution in [2.75, 3.05) is 26.2 Å². The molecular weight excluding hydrogens is 450 g/mol. The Morgan fingerprint density at radius 3 is 2.34 bits per heavy atom. The Hall–Kier alpha value is -2.13. The van der Waals surface area contributed by atoms with Crippen LogP contribution in [-0.2, 0) is 27.9 Å². The number of benzene rings is 2. The smallest absolute Gasteiger partial charge is 0.317 e. The molecule has 1 aliphatic heterocycles. The molecule has 2 amide bonds. The number of piperazine rings is 1. The molecule has 1 heterocycles. The predicted molar refractivity (Wildman–Crippen MR) is 125 cm³/mol. The highest BCUT2D eigenvalue weighted by Crippen LogP contribution is 2.21. The Labute approximate surface area is 195 Å². The Bertz CT molecular complexity index is 1050. The quantitative estimate of drug-likeness (QED) is 0.682.